The second-order valence-corrected chi connectivity index (χ2v) is 4.71. The van der Waals surface area contributed by atoms with Gasteiger partial charge in [0.15, 0.2) is 11.6 Å². The Hall–Kier alpha value is -2.24. The molecule has 1 rings (SSSR count). The van der Waals surface area contributed by atoms with Gasteiger partial charge < -0.3 is 10.1 Å². The second-order valence-electron chi connectivity index (χ2n) is 4.71. The van der Waals surface area contributed by atoms with Crippen LogP contribution in [0.15, 0.2) is 29.3 Å². The molecule has 0 aliphatic carbocycles. The Labute approximate surface area is 121 Å². The lowest BCUT2D eigenvalue weighted by atomic mass is 9.95. The van der Waals surface area contributed by atoms with Gasteiger partial charge in [-0.1, -0.05) is 11.6 Å². The van der Waals surface area contributed by atoms with Gasteiger partial charge in [-0.25, -0.2) is 13.6 Å². The number of carbonyl (C=O) groups excluding carboxylic acids is 2. The highest BCUT2D eigenvalue weighted by molar-refractivity contribution is 5.92. The van der Waals surface area contributed by atoms with E-state index in [2.05, 4.69) is 5.32 Å². The molecule has 0 fully saturated rings. The van der Waals surface area contributed by atoms with Gasteiger partial charge in [0.25, 0.3) is 0 Å². The van der Waals surface area contributed by atoms with Gasteiger partial charge in [0.2, 0.25) is 5.91 Å². The first-order chi connectivity index (χ1) is 9.77. The molecule has 0 aliphatic heterocycles. The highest BCUT2D eigenvalue weighted by atomic mass is 19.2. The number of esters is 1. The minimum Gasteiger partial charge on any atom is -0.466 e. The zero-order chi connectivity index (χ0) is 16.2. The van der Waals surface area contributed by atoms with E-state index in [1.807, 2.05) is 0 Å². The quantitative estimate of drug-likeness (QED) is 0.686. The van der Waals surface area contributed by atoms with Crippen LogP contribution in [0.4, 0.5) is 8.78 Å². The summed E-state index contributed by atoms with van der Waals surface area (Å²) in [6.45, 7) is 4.61. The minimum absolute atomic E-state index is 0.179. The van der Waals surface area contributed by atoms with Crippen molar-refractivity contribution >= 4 is 11.9 Å². The summed E-state index contributed by atoms with van der Waals surface area (Å²) in [4.78, 5) is 23.3. The molecule has 1 aromatic carbocycles. The Kier molecular flexibility index (Phi) is 5.58. The van der Waals surface area contributed by atoms with Gasteiger partial charge >= 0.3 is 5.97 Å². The number of hydrogen-bond acceptors (Lipinski definition) is 3. The summed E-state index contributed by atoms with van der Waals surface area (Å²) in [5.41, 5.74) is 1.04. The summed E-state index contributed by atoms with van der Waals surface area (Å²) in [5.74, 6) is -3.11. The molecule has 6 heteroatoms. The molecule has 1 atom stereocenters. The van der Waals surface area contributed by atoms with Gasteiger partial charge in [0, 0.05) is 6.92 Å². The molecule has 114 valence electrons. The third-order valence-corrected chi connectivity index (χ3v) is 2.86. The van der Waals surface area contributed by atoms with Gasteiger partial charge in [-0.15, -0.1) is 0 Å². The van der Waals surface area contributed by atoms with Crippen LogP contribution in [0.3, 0.4) is 0 Å². The Balaban J connectivity index is 3.40. The SMILES string of the molecule is COC(=O)C(=C(C)C)C(NC(C)=O)c1ccc(F)c(F)c1. The number of ether oxygens (including phenoxy) is 1. The van der Waals surface area contributed by atoms with Crippen molar-refractivity contribution in [3.63, 3.8) is 0 Å². The smallest absolute Gasteiger partial charge is 0.336 e. The molecule has 0 aromatic heterocycles. The number of hydrogen-bond donors (Lipinski definition) is 1. The maximum absolute atomic E-state index is 13.4. The highest BCUT2D eigenvalue weighted by Gasteiger charge is 2.26. The van der Waals surface area contributed by atoms with Crippen LogP contribution in [0.5, 0.6) is 0 Å². The number of nitrogens with one attached hydrogen (secondary N) is 1. The Morgan fingerprint density at radius 1 is 1.14 bits per heavy atom. The molecule has 1 unspecified atom stereocenters. The molecular weight excluding hydrogens is 280 g/mol. The van der Waals surface area contributed by atoms with E-state index in [-0.39, 0.29) is 11.1 Å². The van der Waals surface area contributed by atoms with Crippen LogP contribution in [-0.2, 0) is 14.3 Å². The molecule has 0 heterocycles. The summed E-state index contributed by atoms with van der Waals surface area (Å²) >= 11 is 0. The summed E-state index contributed by atoms with van der Waals surface area (Å²) in [5, 5.41) is 2.55. The van der Waals surface area contributed by atoms with Gasteiger partial charge in [-0.2, -0.15) is 0 Å². The van der Waals surface area contributed by atoms with Crippen molar-refractivity contribution < 1.29 is 23.1 Å². The van der Waals surface area contributed by atoms with Crippen molar-refractivity contribution in [3.05, 3.63) is 46.5 Å². The van der Waals surface area contributed by atoms with E-state index in [0.717, 1.165) is 12.1 Å². The predicted octanol–water partition coefficient (Wildman–Crippen LogP) is 2.65. The molecule has 0 aliphatic rings. The maximum Gasteiger partial charge on any atom is 0.336 e. The van der Waals surface area contributed by atoms with E-state index >= 15 is 0 Å². The first kappa shape index (κ1) is 16.8. The van der Waals surface area contributed by atoms with Crippen LogP contribution in [-0.4, -0.2) is 19.0 Å². The second kappa shape index (κ2) is 6.97. The number of benzene rings is 1. The van der Waals surface area contributed by atoms with E-state index < -0.39 is 29.6 Å². The van der Waals surface area contributed by atoms with Gasteiger partial charge in [-0.3, -0.25) is 4.79 Å². The average molecular weight is 297 g/mol. The average Bonchev–Trinajstić information content (AvgIpc) is 2.40. The number of allylic oxidation sites excluding steroid dienone is 1. The zero-order valence-corrected chi connectivity index (χ0v) is 12.3. The lowest BCUT2D eigenvalue weighted by Gasteiger charge is -2.22. The monoisotopic (exact) mass is 297 g/mol. The molecule has 1 N–H and O–H groups in total. The lowest BCUT2D eigenvalue weighted by molar-refractivity contribution is -0.136. The van der Waals surface area contributed by atoms with E-state index in [1.54, 1.807) is 13.8 Å². The van der Waals surface area contributed by atoms with Gasteiger partial charge in [0.05, 0.1) is 18.7 Å². The van der Waals surface area contributed by atoms with E-state index in [9.17, 15) is 18.4 Å². The third-order valence-electron chi connectivity index (χ3n) is 2.86. The number of rotatable bonds is 4. The molecule has 0 saturated carbocycles. The Morgan fingerprint density at radius 3 is 2.19 bits per heavy atom. The summed E-state index contributed by atoms with van der Waals surface area (Å²) in [7, 11) is 1.21. The van der Waals surface area contributed by atoms with Crippen molar-refractivity contribution in [2.75, 3.05) is 7.11 Å². The van der Waals surface area contributed by atoms with Crippen molar-refractivity contribution in [1.82, 2.24) is 5.32 Å². The van der Waals surface area contributed by atoms with Crippen LogP contribution in [0.2, 0.25) is 0 Å². The Morgan fingerprint density at radius 2 is 1.76 bits per heavy atom. The minimum atomic E-state index is -1.05. The van der Waals surface area contributed by atoms with Gasteiger partial charge in [-0.05, 0) is 31.5 Å². The third kappa shape index (κ3) is 4.11. The number of methoxy groups -OCH3 is 1. The fourth-order valence-corrected chi connectivity index (χ4v) is 1.94. The number of amides is 1. The first-order valence-electron chi connectivity index (χ1n) is 6.25. The largest absolute Gasteiger partial charge is 0.466 e. The van der Waals surface area contributed by atoms with Crippen LogP contribution in [0, 0.1) is 11.6 Å². The molecule has 0 saturated heterocycles. The summed E-state index contributed by atoms with van der Waals surface area (Å²) in [6.07, 6.45) is 0. The molecular formula is C15H17F2NO3. The lowest BCUT2D eigenvalue weighted by Crippen LogP contribution is -2.31. The number of carbonyl (C=O) groups is 2. The molecule has 1 aromatic rings. The topological polar surface area (TPSA) is 55.4 Å². The van der Waals surface area contributed by atoms with Crippen LogP contribution < -0.4 is 5.32 Å². The van der Waals surface area contributed by atoms with Crippen molar-refractivity contribution in [2.45, 2.75) is 26.8 Å². The highest BCUT2D eigenvalue weighted by Crippen LogP contribution is 2.26. The van der Waals surface area contributed by atoms with Gasteiger partial charge in [0.1, 0.15) is 0 Å². The fraction of sp³-hybridized carbons (Fsp3) is 0.333. The van der Waals surface area contributed by atoms with E-state index in [4.69, 9.17) is 4.74 Å². The molecule has 1 amide bonds. The fourth-order valence-electron chi connectivity index (χ4n) is 1.94. The van der Waals surface area contributed by atoms with Crippen LogP contribution in [0.25, 0.3) is 0 Å². The standard InChI is InChI=1S/C15H17F2NO3/c1-8(2)13(15(20)21-4)14(18-9(3)19)10-5-6-11(16)12(17)7-10/h5-7,14H,1-4H3,(H,18,19). The normalized spacial score (nSPS) is 11.5. The summed E-state index contributed by atoms with van der Waals surface area (Å²) in [6, 6.07) is 2.29. The zero-order valence-electron chi connectivity index (χ0n) is 12.3. The van der Waals surface area contributed by atoms with Crippen LogP contribution >= 0.6 is 0 Å². The van der Waals surface area contributed by atoms with E-state index in [0.29, 0.717) is 5.57 Å². The first-order valence-corrected chi connectivity index (χ1v) is 6.25. The molecule has 0 radical (unpaired) electrons. The summed E-state index contributed by atoms with van der Waals surface area (Å²) < 4.78 is 31.1. The van der Waals surface area contributed by atoms with Crippen LogP contribution in [0.1, 0.15) is 32.4 Å². The maximum atomic E-state index is 13.4. The van der Waals surface area contributed by atoms with E-state index in [1.165, 1.54) is 20.1 Å². The van der Waals surface area contributed by atoms with Crippen molar-refractivity contribution in [2.24, 2.45) is 0 Å². The van der Waals surface area contributed by atoms with Crippen molar-refractivity contribution in [1.29, 1.82) is 0 Å². The predicted molar refractivity (Wildman–Crippen MR) is 73.3 cm³/mol. The molecule has 21 heavy (non-hydrogen) atoms. The van der Waals surface area contributed by atoms with Crippen molar-refractivity contribution in [3.8, 4) is 0 Å². The molecule has 4 nitrogen and oxygen atoms in total. The Bertz CT molecular complexity index is 593. The number of halogens is 2. The molecule has 0 bridgehead atoms. The molecule has 0 spiro atoms.